The van der Waals surface area contributed by atoms with Gasteiger partial charge in [-0.15, -0.1) is 0 Å². The number of anilines is 1. The number of hydrogen-bond donors (Lipinski definition) is 1. The molecular weight excluding hydrogens is 252 g/mol. The van der Waals surface area contributed by atoms with Gasteiger partial charge in [0.05, 0.1) is 4.47 Å². The van der Waals surface area contributed by atoms with Crippen molar-refractivity contribution < 1.29 is 0 Å². The topological polar surface area (TPSA) is 24.9 Å². The summed E-state index contributed by atoms with van der Waals surface area (Å²) < 4.78 is 1.06. The molecule has 0 spiro atoms. The van der Waals surface area contributed by atoms with Crippen molar-refractivity contribution in [2.24, 2.45) is 5.92 Å². The summed E-state index contributed by atoms with van der Waals surface area (Å²) in [6, 6.07) is 3.96. The molecule has 0 aromatic carbocycles. The fourth-order valence-corrected chi connectivity index (χ4v) is 2.54. The monoisotopic (exact) mass is 268 g/mol. The molecule has 15 heavy (non-hydrogen) atoms. The first-order chi connectivity index (χ1) is 7.36. The zero-order valence-electron chi connectivity index (χ0n) is 8.88. The van der Waals surface area contributed by atoms with E-state index >= 15 is 0 Å². The van der Waals surface area contributed by atoms with Crippen LogP contribution in [0, 0.1) is 5.92 Å². The second kappa shape index (κ2) is 5.50. The lowest BCUT2D eigenvalue weighted by Gasteiger charge is -2.22. The van der Waals surface area contributed by atoms with Crippen LogP contribution in [0.5, 0.6) is 0 Å². The highest BCUT2D eigenvalue weighted by Gasteiger charge is 2.13. The molecule has 1 aliphatic rings. The molecule has 0 unspecified atom stereocenters. The molecule has 82 valence electrons. The molecule has 1 fully saturated rings. The smallest absolute Gasteiger partial charge is 0.140 e. The van der Waals surface area contributed by atoms with E-state index in [0.717, 1.165) is 22.8 Å². The van der Waals surface area contributed by atoms with E-state index in [-0.39, 0.29) is 0 Å². The molecule has 0 bridgehead atoms. The highest BCUT2D eigenvalue weighted by molar-refractivity contribution is 9.10. The second-order valence-corrected chi connectivity index (χ2v) is 5.07. The number of rotatable bonds is 3. The summed E-state index contributed by atoms with van der Waals surface area (Å²) in [5, 5.41) is 3.42. The molecule has 1 aromatic heterocycles. The molecule has 1 heterocycles. The maximum atomic E-state index is 4.30. The van der Waals surface area contributed by atoms with E-state index in [1.165, 1.54) is 32.1 Å². The third kappa shape index (κ3) is 3.20. The second-order valence-electron chi connectivity index (χ2n) is 4.22. The summed E-state index contributed by atoms with van der Waals surface area (Å²) in [7, 11) is 0. The Kier molecular flexibility index (Phi) is 4.01. The number of aromatic nitrogens is 1. The highest BCUT2D eigenvalue weighted by Crippen LogP contribution is 2.25. The standard InChI is InChI=1S/C12H17BrN2/c13-11-7-4-8-14-12(11)15-9-10-5-2-1-3-6-10/h4,7-8,10H,1-3,5-6,9H2,(H,14,15). The summed E-state index contributed by atoms with van der Waals surface area (Å²) in [4.78, 5) is 4.30. The third-order valence-corrected chi connectivity index (χ3v) is 3.68. The Morgan fingerprint density at radius 3 is 2.87 bits per heavy atom. The van der Waals surface area contributed by atoms with E-state index in [2.05, 4.69) is 26.2 Å². The predicted molar refractivity (Wildman–Crippen MR) is 67.0 cm³/mol. The number of nitrogens with one attached hydrogen (secondary N) is 1. The van der Waals surface area contributed by atoms with Gasteiger partial charge >= 0.3 is 0 Å². The van der Waals surface area contributed by atoms with E-state index in [0.29, 0.717) is 0 Å². The van der Waals surface area contributed by atoms with Gasteiger partial charge in [0.25, 0.3) is 0 Å². The summed E-state index contributed by atoms with van der Waals surface area (Å²) >= 11 is 3.50. The van der Waals surface area contributed by atoms with Crippen molar-refractivity contribution in [3.8, 4) is 0 Å². The van der Waals surface area contributed by atoms with Crippen LogP contribution in [0.15, 0.2) is 22.8 Å². The van der Waals surface area contributed by atoms with Crippen LogP contribution in [0.2, 0.25) is 0 Å². The lowest BCUT2D eigenvalue weighted by molar-refractivity contribution is 0.373. The van der Waals surface area contributed by atoms with E-state index in [1.54, 1.807) is 0 Å². The molecular formula is C12H17BrN2. The average molecular weight is 269 g/mol. The van der Waals surface area contributed by atoms with Crippen LogP contribution in [-0.4, -0.2) is 11.5 Å². The minimum absolute atomic E-state index is 0.840. The molecule has 1 aromatic rings. The minimum Gasteiger partial charge on any atom is -0.369 e. The van der Waals surface area contributed by atoms with Gasteiger partial charge in [-0.3, -0.25) is 0 Å². The Balaban J connectivity index is 1.84. The molecule has 0 amide bonds. The van der Waals surface area contributed by atoms with Gasteiger partial charge in [0.15, 0.2) is 0 Å². The molecule has 0 radical (unpaired) electrons. The van der Waals surface area contributed by atoms with Crippen molar-refractivity contribution in [3.05, 3.63) is 22.8 Å². The zero-order chi connectivity index (χ0) is 10.5. The van der Waals surface area contributed by atoms with E-state index in [1.807, 2.05) is 18.3 Å². The predicted octanol–water partition coefficient (Wildman–Crippen LogP) is 3.84. The zero-order valence-corrected chi connectivity index (χ0v) is 10.5. The lowest BCUT2D eigenvalue weighted by Crippen LogP contribution is -2.17. The van der Waals surface area contributed by atoms with Crippen LogP contribution in [0.4, 0.5) is 5.82 Å². The molecule has 3 heteroatoms. The Bertz CT molecular complexity index is 308. The fourth-order valence-electron chi connectivity index (χ4n) is 2.15. The molecule has 1 saturated carbocycles. The van der Waals surface area contributed by atoms with Crippen molar-refractivity contribution in [2.75, 3.05) is 11.9 Å². The van der Waals surface area contributed by atoms with Crippen molar-refractivity contribution in [2.45, 2.75) is 32.1 Å². The number of halogens is 1. The molecule has 0 aliphatic heterocycles. The van der Waals surface area contributed by atoms with Gasteiger partial charge in [0.1, 0.15) is 5.82 Å². The van der Waals surface area contributed by atoms with E-state index in [9.17, 15) is 0 Å². The Morgan fingerprint density at radius 2 is 2.13 bits per heavy atom. The average Bonchev–Trinajstić information content (AvgIpc) is 2.29. The first-order valence-corrected chi connectivity index (χ1v) is 6.50. The SMILES string of the molecule is Brc1cccnc1NCC1CCCCC1. The van der Waals surface area contributed by atoms with Crippen LogP contribution in [-0.2, 0) is 0 Å². The number of hydrogen-bond acceptors (Lipinski definition) is 2. The lowest BCUT2D eigenvalue weighted by atomic mass is 9.89. The van der Waals surface area contributed by atoms with Gasteiger partial charge in [-0.25, -0.2) is 4.98 Å². The van der Waals surface area contributed by atoms with E-state index in [4.69, 9.17) is 0 Å². The number of nitrogens with zero attached hydrogens (tertiary/aromatic N) is 1. The van der Waals surface area contributed by atoms with Crippen LogP contribution >= 0.6 is 15.9 Å². The number of pyridine rings is 1. The van der Waals surface area contributed by atoms with Gasteiger partial charge in [-0.1, -0.05) is 19.3 Å². The Morgan fingerprint density at radius 1 is 1.33 bits per heavy atom. The Hall–Kier alpha value is -0.570. The van der Waals surface area contributed by atoms with Crippen LogP contribution in [0.1, 0.15) is 32.1 Å². The van der Waals surface area contributed by atoms with Gasteiger partial charge < -0.3 is 5.32 Å². The summed E-state index contributed by atoms with van der Waals surface area (Å²) in [5.41, 5.74) is 0. The molecule has 1 aliphatic carbocycles. The summed E-state index contributed by atoms with van der Waals surface area (Å²) in [5.74, 6) is 1.82. The van der Waals surface area contributed by atoms with Crippen molar-refractivity contribution >= 4 is 21.7 Å². The normalized spacial score (nSPS) is 17.7. The van der Waals surface area contributed by atoms with Gasteiger partial charge in [-0.05, 0) is 46.8 Å². The van der Waals surface area contributed by atoms with Gasteiger partial charge in [0.2, 0.25) is 0 Å². The summed E-state index contributed by atoms with van der Waals surface area (Å²) in [6.45, 7) is 1.07. The largest absolute Gasteiger partial charge is 0.369 e. The molecule has 0 saturated heterocycles. The maximum Gasteiger partial charge on any atom is 0.140 e. The molecule has 1 N–H and O–H groups in total. The summed E-state index contributed by atoms with van der Waals surface area (Å²) in [6.07, 6.45) is 8.79. The highest BCUT2D eigenvalue weighted by atomic mass is 79.9. The molecule has 2 nitrogen and oxygen atoms in total. The van der Waals surface area contributed by atoms with Crippen LogP contribution in [0.3, 0.4) is 0 Å². The van der Waals surface area contributed by atoms with Gasteiger partial charge in [0, 0.05) is 12.7 Å². The fraction of sp³-hybridized carbons (Fsp3) is 0.583. The Labute approximate surface area is 99.6 Å². The maximum absolute atomic E-state index is 4.30. The van der Waals surface area contributed by atoms with Gasteiger partial charge in [-0.2, -0.15) is 0 Å². The van der Waals surface area contributed by atoms with Crippen molar-refractivity contribution in [1.29, 1.82) is 0 Å². The van der Waals surface area contributed by atoms with E-state index < -0.39 is 0 Å². The van der Waals surface area contributed by atoms with Crippen LogP contribution < -0.4 is 5.32 Å². The first-order valence-electron chi connectivity index (χ1n) is 5.70. The van der Waals surface area contributed by atoms with Crippen molar-refractivity contribution in [3.63, 3.8) is 0 Å². The molecule has 2 rings (SSSR count). The quantitative estimate of drug-likeness (QED) is 0.901. The minimum atomic E-state index is 0.840. The first kappa shape index (κ1) is 10.9. The third-order valence-electron chi connectivity index (χ3n) is 3.04. The van der Waals surface area contributed by atoms with Crippen molar-refractivity contribution in [1.82, 2.24) is 4.98 Å². The van der Waals surface area contributed by atoms with Crippen LogP contribution in [0.25, 0.3) is 0 Å². The molecule has 0 atom stereocenters.